The molecule has 0 saturated heterocycles. The number of amidine groups is 1. The second-order valence-electron chi connectivity index (χ2n) is 10.6. The molecule has 6 aromatic rings. The largest absolute Gasteiger partial charge is 0.359 e. The summed E-state index contributed by atoms with van der Waals surface area (Å²) >= 11 is 1.77. The van der Waals surface area contributed by atoms with E-state index in [1.54, 1.807) is 11.3 Å². The van der Waals surface area contributed by atoms with E-state index in [4.69, 9.17) is 9.98 Å². The maximum atomic E-state index is 5.17. The smallest absolute Gasteiger partial charge is 0.134 e. The lowest BCUT2D eigenvalue weighted by molar-refractivity contribution is 0.780. The predicted octanol–water partition coefficient (Wildman–Crippen LogP) is 8.86. The van der Waals surface area contributed by atoms with Crippen LogP contribution in [0.5, 0.6) is 0 Å². The van der Waals surface area contributed by atoms with Gasteiger partial charge in [0.1, 0.15) is 10.8 Å². The first-order valence-corrected chi connectivity index (χ1v) is 14.9. The van der Waals surface area contributed by atoms with Crippen LogP contribution in [0.15, 0.2) is 132 Å². The second-order valence-corrected chi connectivity index (χ2v) is 11.6. The Hall–Kier alpha value is -4.80. The summed E-state index contributed by atoms with van der Waals surface area (Å²) in [6.45, 7) is 0. The summed E-state index contributed by atoms with van der Waals surface area (Å²) in [4.78, 5) is 10.3. The first-order valence-electron chi connectivity index (χ1n) is 14.1. The van der Waals surface area contributed by atoms with E-state index in [1.165, 1.54) is 38.1 Å². The first kappa shape index (κ1) is 24.0. The number of nitrogens with zero attached hydrogens (tertiary/aromatic N) is 2. The molecule has 1 aliphatic carbocycles. The number of fused-ring (bicyclic) bond motifs is 5. The van der Waals surface area contributed by atoms with Gasteiger partial charge < -0.3 is 5.32 Å². The molecule has 2 heterocycles. The van der Waals surface area contributed by atoms with E-state index < -0.39 is 0 Å². The number of thiazole rings is 1. The SMILES string of the molecule is C1=C(c2ccccc2)N=C(c2ccc3c(c2)CCc2ccc4sc(-c5ccccc5)nc4c2-3)NC1c1ccccc1. The van der Waals surface area contributed by atoms with Crippen LogP contribution in [-0.2, 0) is 12.8 Å². The van der Waals surface area contributed by atoms with E-state index >= 15 is 0 Å². The Morgan fingerprint density at radius 3 is 2.15 bits per heavy atom. The van der Waals surface area contributed by atoms with E-state index in [9.17, 15) is 0 Å². The molecule has 0 spiro atoms. The molecule has 0 fully saturated rings. The first-order chi connectivity index (χ1) is 20.3. The van der Waals surface area contributed by atoms with Crippen LogP contribution in [-0.4, -0.2) is 10.8 Å². The van der Waals surface area contributed by atoms with Crippen molar-refractivity contribution in [1.29, 1.82) is 0 Å². The molecule has 1 N–H and O–H groups in total. The lowest BCUT2D eigenvalue weighted by Crippen LogP contribution is -2.31. The van der Waals surface area contributed by atoms with Gasteiger partial charge in [0.05, 0.1) is 22.0 Å². The van der Waals surface area contributed by atoms with Crippen molar-refractivity contribution in [3.63, 3.8) is 0 Å². The van der Waals surface area contributed by atoms with Gasteiger partial charge in [0, 0.05) is 16.7 Å². The molecule has 1 atom stereocenters. The van der Waals surface area contributed by atoms with Crippen molar-refractivity contribution in [2.75, 3.05) is 0 Å². The van der Waals surface area contributed by atoms with Crippen LogP contribution in [0.3, 0.4) is 0 Å². The minimum absolute atomic E-state index is 0.0432. The number of hydrogen-bond donors (Lipinski definition) is 1. The lowest BCUT2D eigenvalue weighted by Gasteiger charge is -2.26. The summed E-state index contributed by atoms with van der Waals surface area (Å²) in [5.41, 5.74) is 12.1. The van der Waals surface area contributed by atoms with E-state index in [1.807, 2.05) is 6.07 Å². The molecule has 3 nitrogen and oxygen atoms in total. The standard InChI is InChI=1S/C37H27N3S/c1-4-10-24(11-5-1)31-23-32(25-12-6-2-7-13-25)39-36(38-31)29-18-20-30-28(22-29)17-16-26-19-21-33-35(34(26)30)40-37(41-33)27-14-8-3-9-15-27/h1-15,18-23,31H,16-17H2,(H,38,39). The molecule has 2 aliphatic rings. The van der Waals surface area contributed by atoms with Gasteiger partial charge >= 0.3 is 0 Å². The summed E-state index contributed by atoms with van der Waals surface area (Å²) in [7, 11) is 0. The average Bonchev–Trinajstić information content (AvgIpc) is 3.50. The fraction of sp³-hybridized carbons (Fsp3) is 0.0811. The average molecular weight is 546 g/mol. The van der Waals surface area contributed by atoms with Crippen LogP contribution < -0.4 is 5.32 Å². The number of aryl methyl sites for hydroxylation is 2. The molecule has 5 aromatic carbocycles. The third-order valence-electron chi connectivity index (χ3n) is 8.06. The summed E-state index contributed by atoms with van der Waals surface area (Å²) in [5.74, 6) is 0.909. The van der Waals surface area contributed by atoms with Crippen molar-refractivity contribution in [1.82, 2.24) is 10.3 Å². The number of hydrogen-bond acceptors (Lipinski definition) is 4. The van der Waals surface area contributed by atoms with Gasteiger partial charge in [-0.3, -0.25) is 0 Å². The highest BCUT2D eigenvalue weighted by Gasteiger charge is 2.24. The maximum absolute atomic E-state index is 5.17. The lowest BCUT2D eigenvalue weighted by atomic mass is 9.84. The van der Waals surface area contributed by atoms with Gasteiger partial charge in [0.25, 0.3) is 0 Å². The molecule has 196 valence electrons. The minimum atomic E-state index is 0.0432. The molecule has 8 rings (SSSR count). The Balaban J connectivity index is 1.21. The molecular weight excluding hydrogens is 518 g/mol. The molecule has 41 heavy (non-hydrogen) atoms. The molecule has 1 aromatic heterocycles. The van der Waals surface area contributed by atoms with E-state index in [0.717, 1.165) is 46.0 Å². The Morgan fingerprint density at radius 1 is 0.659 bits per heavy atom. The highest BCUT2D eigenvalue weighted by molar-refractivity contribution is 7.21. The van der Waals surface area contributed by atoms with Gasteiger partial charge in [-0.25, -0.2) is 9.98 Å². The Kier molecular flexibility index (Phi) is 5.86. The fourth-order valence-electron chi connectivity index (χ4n) is 6.00. The zero-order chi connectivity index (χ0) is 27.2. The highest BCUT2D eigenvalue weighted by Crippen LogP contribution is 2.42. The molecule has 0 radical (unpaired) electrons. The third-order valence-corrected chi connectivity index (χ3v) is 9.13. The van der Waals surface area contributed by atoms with Crippen molar-refractivity contribution in [2.45, 2.75) is 18.9 Å². The van der Waals surface area contributed by atoms with Crippen LogP contribution in [0.2, 0.25) is 0 Å². The second kappa shape index (κ2) is 9.99. The van der Waals surface area contributed by atoms with E-state index in [-0.39, 0.29) is 6.04 Å². The monoisotopic (exact) mass is 545 g/mol. The van der Waals surface area contributed by atoms with Crippen LogP contribution in [0.1, 0.15) is 33.9 Å². The van der Waals surface area contributed by atoms with Crippen molar-refractivity contribution < 1.29 is 0 Å². The highest BCUT2D eigenvalue weighted by atomic mass is 32.1. The fourth-order valence-corrected chi connectivity index (χ4v) is 6.98. The predicted molar refractivity (Wildman–Crippen MR) is 171 cm³/mol. The van der Waals surface area contributed by atoms with Crippen molar-refractivity contribution in [3.8, 4) is 21.7 Å². The normalized spacial score (nSPS) is 15.9. The minimum Gasteiger partial charge on any atom is -0.359 e. The Bertz CT molecular complexity index is 1950. The van der Waals surface area contributed by atoms with Gasteiger partial charge in [-0.05, 0) is 58.9 Å². The van der Waals surface area contributed by atoms with Gasteiger partial charge in [-0.2, -0.15) is 0 Å². The van der Waals surface area contributed by atoms with Gasteiger partial charge in [-0.1, -0.05) is 109 Å². The number of benzene rings is 5. The van der Waals surface area contributed by atoms with Crippen LogP contribution in [0, 0.1) is 0 Å². The Morgan fingerprint density at radius 2 is 1.37 bits per heavy atom. The number of nitrogens with one attached hydrogen (secondary N) is 1. The zero-order valence-electron chi connectivity index (χ0n) is 22.4. The third kappa shape index (κ3) is 4.37. The van der Waals surface area contributed by atoms with Crippen LogP contribution >= 0.6 is 11.3 Å². The molecule has 1 aliphatic heterocycles. The summed E-state index contributed by atoms with van der Waals surface area (Å²) in [6.07, 6.45) is 4.25. The number of aromatic nitrogens is 1. The summed E-state index contributed by atoms with van der Waals surface area (Å²) in [6, 6.07) is 43.0. The topological polar surface area (TPSA) is 37.3 Å². The van der Waals surface area contributed by atoms with Crippen LogP contribution in [0.25, 0.3) is 37.6 Å². The molecular formula is C37H27N3S. The number of rotatable bonds is 4. The van der Waals surface area contributed by atoms with Gasteiger partial charge in [-0.15, -0.1) is 11.3 Å². The van der Waals surface area contributed by atoms with E-state index in [2.05, 4.69) is 127 Å². The molecule has 0 bridgehead atoms. The zero-order valence-corrected chi connectivity index (χ0v) is 23.2. The van der Waals surface area contributed by atoms with Crippen molar-refractivity contribution in [2.24, 2.45) is 4.99 Å². The number of aliphatic imine (C=N–C) groups is 1. The Labute approximate surface area is 243 Å². The molecule has 0 saturated carbocycles. The molecule has 4 heteroatoms. The summed E-state index contributed by atoms with van der Waals surface area (Å²) < 4.78 is 1.24. The van der Waals surface area contributed by atoms with Crippen molar-refractivity contribution >= 4 is 33.1 Å². The molecule has 1 unspecified atom stereocenters. The van der Waals surface area contributed by atoms with E-state index in [0.29, 0.717) is 0 Å². The van der Waals surface area contributed by atoms with Gasteiger partial charge in [0.2, 0.25) is 0 Å². The van der Waals surface area contributed by atoms with Gasteiger partial charge in [0.15, 0.2) is 0 Å². The maximum Gasteiger partial charge on any atom is 0.134 e. The van der Waals surface area contributed by atoms with Crippen molar-refractivity contribution in [3.05, 3.63) is 155 Å². The molecule has 0 amide bonds. The summed E-state index contributed by atoms with van der Waals surface area (Å²) in [5, 5.41) is 4.80. The quantitative estimate of drug-likeness (QED) is 0.240. The van der Waals surface area contributed by atoms with Crippen LogP contribution in [0.4, 0.5) is 0 Å².